The SMILES string of the molecule is O=c1ccccn1CCS(=O)(=O)Cl. The molecule has 0 atom stereocenters. The molecule has 0 spiro atoms. The molecule has 1 aromatic rings. The van der Waals surface area contributed by atoms with Crippen LogP contribution in [0.5, 0.6) is 0 Å². The van der Waals surface area contributed by atoms with Gasteiger partial charge in [-0.25, -0.2) is 8.42 Å². The van der Waals surface area contributed by atoms with Crippen LogP contribution in [0.4, 0.5) is 0 Å². The molecule has 0 bridgehead atoms. The fourth-order valence-electron chi connectivity index (χ4n) is 0.853. The van der Waals surface area contributed by atoms with Crippen molar-refractivity contribution in [2.45, 2.75) is 6.54 Å². The van der Waals surface area contributed by atoms with Crippen LogP contribution >= 0.6 is 10.7 Å². The molecule has 0 aliphatic carbocycles. The first-order chi connectivity index (χ1) is 5.99. The van der Waals surface area contributed by atoms with E-state index in [0.717, 1.165) is 0 Å². The van der Waals surface area contributed by atoms with Gasteiger partial charge in [-0.3, -0.25) is 4.79 Å². The molecule has 0 unspecified atom stereocenters. The summed E-state index contributed by atoms with van der Waals surface area (Å²) in [7, 11) is 1.47. The fourth-order valence-corrected chi connectivity index (χ4v) is 1.47. The van der Waals surface area contributed by atoms with E-state index >= 15 is 0 Å². The summed E-state index contributed by atoms with van der Waals surface area (Å²) >= 11 is 0. The van der Waals surface area contributed by atoms with Crippen molar-refractivity contribution in [3.05, 3.63) is 34.7 Å². The number of aryl methyl sites for hydroxylation is 1. The maximum atomic E-state index is 11.1. The van der Waals surface area contributed by atoms with Crippen molar-refractivity contribution in [1.82, 2.24) is 4.57 Å². The lowest BCUT2D eigenvalue weighted by atomic mass is 10.5. The molecule has 0 radical (unpaired) electrons. The largest absolute Gasteiger partial charge is 0.314 e. The standard InChI is InChI=1S/C7H8ClNO3S/c8-13(11,12)6-5-9-4-2-1-3-7(9)10/h1-4H,5-6H2. The Labute approximate surface area is 80.2 Å². The van der Waals surface area contributed by atoms with E-state index in [1.54, 1.807) is 12.1 Å². The highest BCUT2D eigenvalue weighted by atomic mass is 35.7. The zero-order valence-electron chi connectivity index (χ0n) is 6.68. The van der Waals surface area contributed by atoms with Crippen LogP contribution in [0.25, 0.3) is 0 Å². The average molecular weight is 222 g/mol. The second kappa shape index (κ2) is 3.93. The molecule has 72 valence electrons. The van der Waals surface area contributed by atoms with E-state index in [0.29, 0.717) is 0 Å². The molecule has 0 aliphatic rings. The fraction of sp³-hybridized carbons (Fsp3) is 0.286. The van der Waals surface area contributed by atoms with Gasteiger partial charge < -0.3 is 4.57 Å². The van der Waals surface area contributed by atoms with Crippen LogP contribution < -0.4 is 5.56 Å². The second-order valence-corrected chi connectivity index (χ2v) is 5.37. The van der Waals surface area contributed by atoms with E-state index in [4.69, 9.17) is 10.7 Å². The zero-order chi connectivity index (χ0) is 9.90. The molecular formula is C7H8ClNO3S. The number of halogens is 1. The number of rotatable bonds is 3. The monoisotopic (exact) mass is 221 g/mol. The molecule has 0 aliphatic heterocycles. The molecule has 4 nitrogen and oxygen atoms in total. The third-order valence-corrected chi connectivity index (χ3v) is 2.61. The Bertz CT molecular complexity index is 437. The highest BCUT2D eigenvalue weighted by molar-refractivity contribution is 8.13. The molecule has 0 aromatic carbocycles. The minimum Gasteiger partial charge on any atom is -0.314 e. The highest BCUT2D eigenvalue weighted by Crippen LogP contribution is 1.96. The molecule has 6 heteroatoms. The third-order valence-electron chi connectivity index (χ3n) is 1.48. The number of hydrogen-bond donors (Lipinski definition) is 0. The molecular weight excluding hydrogens is 214 g/mol. The molecule has 1 heterocycles. The van der Waals surface area contributed by atoms with Crippen molar-refractivity contribution in [3.63, 3.8) is 0 Å². The second-order valence-electron chi connectivity index (χ2n) is 2.48. The van der Waals surface area contributed by atoms with E-state index in [1.165, 1.54) is 16.8 Å². The van der Waals surface area contributed by atoms with Gasteiger partial charge >= 0.3 is 0 Å². The van der Waals surface area contributed by atoms with Crippen LogP contribution in [-0.2, 0) is 15.6 Å². The summed E-state index contributed by atoms with van der Waals surface area (Å²) in [4.78, 5) is 11.1. The Balaban J connectivity index is 2.77. The van der Waals surface area contributed by atoms with Crippen molar-refractivity contribution in [2.24, 2.45) is 0 Å². The predicted octanol–water partition coefficient (Wildman–Crippen LogP) is 0.417. The Morgan fingerprint density at radius 3 is 2.62 bits per heavy atom. The molecule has 0 fully saturated rings. The maximum absolute atomic E-state index is 11.1. The summed E-state index contributed by atoms with van der Waals surface area (Å²) in [6, 6.07) is 4.61. The van der Waals surface area contributed by atoms with Crippen molar-refractivity contribution in [1.29, 1.82) is 0 Å². The Morgan fingerprint density at radius 1 is 1.38 bits per heavy atom. The van der Waals surface area contributed by atoms with Crippen molar-refractivity contribution >= 4 is 19.7 Å². The van der Waals surface area contributed by atoms with Gasteiger partial charge in [-0.2, -0.15) is 0 Å². The van der Waals surface area contributed by atoms with Gasteiger partial charge in [0.1, 0.15) is 0 Å². The normalized spacial score (nSPS) is 11.5. The first-order valence-electron chi connectivity index (χ1n) is 3.57. The maximum Gasteiger partial charge on any atom is 0.250 e. The lowest BCUT2D eigenvalue weighted by Gasteiger charge is -2.01. The number of nitrogens with zero attached hydrogens (tertiary/aromatic N) is 1. The smallest absolute Gasteiger partial charge is 0.250 e. The van der Waals surface area contributed by atoms with Crippen molar-refractivity contribution < 1.29 is 8.42 Å². The molecule has 0 amide bonds. The summed E-state index contributed by atoms with van der Waals surface area (Å²) in [5.74, 6) is -0.238. The van der Waals surface area contributed by atoms with Gasteiger partial charge in [0.15, 0.2) is 0 Å². The third kappa shape index (κ3) is 3.61. The minimum absolute atomic E-state index is 0.0888. The van der Waals surface area contributed by atoms with E-state index in [1.807, 2.05) is 0 Å². The summed E-state index contributed by atoms with van der Waals surface area (Å²) in [5.41, 5.74) is -0.234. The Morgan fingerprint density at radius 2 is 2.08 bits per heavy atom. The summed E-state index contributed by atoms with van der Waals surface area (Å²) in [6.45, 7) is 0.0888. The van der Waals surface area contributed by atoms with E-state index in [-0.39, 0.29) is 17.9 Å². The molecule has 0 saturated heterocycles. The minimum atomic E-state index is -3.53. The van der Waals surface area contributed by atoms with Crippen LogP contribution in [0.2, 0.25) is 0 Å². The molecule has 13 heavy (non-hydrogen) atoms. The quantitative estimate of drug-likeness (QED) is 0.695. The van der Waals surface area contributed by atoms with Crippen molar-refractivity contribution in [2.75, 3.05) is 5.75 Å². The van der Waals surface area contributed by atoms with Gasteiger partial charge in [-0.05, 0) is 6.07 Å². The number of aromatic nitrogens is 1. The average Bonchev–Trinajstić information content (AvgIpc) is 2.01. The van der Waals surface area contributed by atoms with Gasteiger partial charge in [0.2, 0.25) is 9.05 Å². The van der Waals surface area contributed by atoms with Gasteiger partial charge in [0, 0.05) is 29.5 Å². The Kier molecular flexibility index (Phi) is 3.11. The molecule has 0 N–H and O–H groups in total. The predicted molar refractivity (Wildman–Crippen MR) is 50.3 cm³/mol. The van der Waals surface area contributed by atoms with Gasteiger partial charge in [0.25, 0.3) is 5.56 Å². The Hall–Kier alpha value is -0.810. The van der Waals surface area contributed by atoms with Gasteiger partial charge in [0.05, 0.1) is 5.75 Å². The summed E-state index contributed by atoms with van der Waals surface area (Å²) in [6.07, 6.45) is 1.52. The highest BCUT2D eigenvalue weighted by Gasteiger charge is 2.05. The lowest BCUT2D eigenvalue weighted by molar-refractivity contribution is 0.600. The van der Waals surface area contributed by atoms with Crippen LogP contribution in [0.3, 0.4) is 0 Å². The molecule has 0 saturated carbocycles. The first-order valence-corrected chi connectivity index (χ1v) is 6.05. The van der Waals surface area contributed by atoms with E-state index in [2.05, 4.69) is 0 Å². The van der Waals surface area contributed by atoms with Crippen molar-refractivity contribution in [3.8, 4) is 0 Å². The zero-order valence-corrected chi connectivity index (χ0v) is 8.25. The van der Waals surface area contributed by atoms with Gasteiger partial charge in [-0.1, -0.05) is 6.07 Å². The lowest BCUT2D eigenvalue weighted by Crippen LogP contribution is -2.21. The molecule has 1 aromatic heterocycles. The number of hydrogen-bond acceptors (Lipinski definition) is 3. The molecule has 1 rings (SSSR count). The van der Waals surface area contributed by atoms with Gasteiger partial charge in [-0.15, -0.1) is 0 Å². The van der Waals surface area contributed by atoms with Crippen LogP contribution in [0, 0.1) is 0 Å². The number of pyridine rings is 1. The van der Waals surface area contributed by atoms with Crippen LogP contribution in [-0.4, -0.2) is 18.7 Å². The van der Waals surface area contributed by atoms with Crippen LogP contribution in [0.15, 0.2) is 29.2 Å². The topological polar surface area (TPSA) is 56.1 Å². The summed E-state index contributed by atoms with van der Waals surface area (Å²) < 4.78 is 22.4. The summed E-state index contributed by atoms with van der Waals surface area (Å²) in [5, 5.41) is 0. The van der Waals surface area contributed by atoms with Crippen LogP contribution in [0.1, 0.15) is 0 Å². The van der Waals surface area contributed by atoms with E-state index in [9.17, 15) is 13.2 Å². The first kappa shape index (κ1) is 10.3. The van der Waals surface area contributed by atoms with E-state index < -0.39 is 9.05 Å².